The molecule has 2 aliphatic rings. The minimum Gasteiger partial charge on any atom is -0.329 e. The van der Waals surface area contributed by atoms with Gasteiger partial charge >= 0.3 is 12.1 Å². The summed E-state index contributed by atoms with van der Waals surface area (Å²) in [7, 11) is 0. The van der Waals surface area contributed by atoms with Crippen molar-refractivity contribution in [2.24, 2.45) is 11.8 Å². The second kappa shape index (κ2) is 10.1. The van der Waals surface area contributed by atoms with Gasteiger partial charge in [0, 0.05) is 29.6 Å². The van der Waals surface area contributed by atoms with Gasteiger partial charge in [0.15, 0.2) is 0 Å². The van der Waals surface area contributed by atoms with E-state index in [-0.39, 0.29) is 18.3 Å². The van der Waals surface area contributed by atoms with Crippen LogP contribution in [0.4, 0.5) is 19.0 Å². The largest absolute Gasteiger partial charge is 0.471 e. The minimum absolute atomic E-state index is 0.0526. The molecular formula is C30H30F3N5O. The molecule has 39 heavy (non-hydrogen) atoms. The zero-order valence-corrected chi connectivity index (χ0v) is 21.6. The van der Waals surface area contributed by atoms with Gasteiger partial charge in [0.2, 0.25) is 0 Å². The molecule has 2 atom stereocenters. The number of pyridine rings is 1. The maximum absolute atomic E-state index is 13.3. The topological polar surface area (TPSA) is 63.9 Å². The molecule has 2 saturated carbocycles. The van der Waals surface area contributed by atoms with Crippen LogP contribution in [0.5, 0.6) is 0 Å². The van der Waals surface area contributed by atoms with Crippen molar-refractivity contribution in [1.82, 2.24) is 19.5 Å². The molecule has 6 rings (SSSR count). The number of aryl methyl sites for hydroxylation is 1. The van der Waals surface area contributed by atoms with Crippen molar-refractivity contribution in [1.29, 1.82) is 0 Å². The number of amides is 1. The first-order chi connectivity index (χ1) is 18.8. The molecule has 2 fully saturated rings. The number of alkyl halides is 3. The van der Waals surface area contributed by atoms with E-state index in [0.29, 0.717) is 17.5 Å². The highest BCUT2D eigenvalue weighted by Gasteiger charge is 2.45. The number of halogens is 3. The molecular weight excluding hydrogens is 503 g/mol. The summed E-state index contributed by atoms with van der Waals surface area (Å²) in [5, 5.41) is 1.86. The molecule has 3 heterocycles. The van der Waals surface area contributed by atoms with Crippen molar-refractivity contribution in [2.75, 3.05) is 11.4 Å². The lowest BCUT2D eigenvalue weighted by Crippen LogP contribution is -2.42. The van der Waals surface area contributed by atoms with E-state index in [1.165, 1.54) is 6.07 Å². The van der Waals surface area contributed by atoms with Gasteiger partial charge in [-0.05, 0) is 92.7 Å². The fourth-order valence-electron chi connectivity index (χ4n) is 5.83. The molecule has 1 unspecified atom stereocenters. The number of rotatable bonds is 8. The van der Waals surface area contributed by atoms with Gasteiger partial charge in [0.05, 0.1) is 11.2 Å². The monoisotopic (exact) mass is 533 g/mol. The first-order valence-corrected chi connectivity index (χ1v) is 13.5. The van der Waals surface area contributed by atoms with Gasteiger partial charge in [-0.3, -0.25) is 9.69 Å². The Balaban J connectivity index is 1.15. The molecule has 6 nitrogen and oxygen atoms in total. The minimum atomic E-state index is -4.93. The van der Waals surface area contributed by atoms with Gasteiger partial charge in [-0.1, -0.05) is 18.7 Å². The highest BCUT2D eigenvalue weighted by molar-refractivity contribution is 5.97. The normalized spacial score (nSPS) is 19.6. The van der Waals surface area contributed by atoms with E-state index in [1.807, 2.05) is 12.1 Å². The number of aromatic nitrogens is 4. The SMILES string of the molecule is C=Cc1ncnc2c1ccn2[C@H]1CCC(CCc2ccc3ccc(N(CC4CC4)C(=O)C(F)(F)F)nc3c2)C1. The standard InChI is InChI=1S/C30H30F3N5O/c1-2-25-24-13-14-37(28(24)35-18-34-25)23-11-8-19(15-23)3-4-20-7-9-22-10-12-27(36-26(22)16-20)38(17-21-5-6-21)29(39)30(31,32)33/h2,7,9-10,12-14,16,18-19,21,23H,1,3-6,8,11,15,17H2/t19?,23-/m0/s1. The van der Waals surface area contributed by atoms with Gasteiger partial charge in [-0.25, -0.2) is 15.0 Å². The quantitative estimate of drug-likeness (QED) is 0.247. The van der Waals surface area contributed by atoms with Crippen LogP contribution in [0.2, 0.25) is 0 Å². The molecule has 3 aromatic heterocycles. The fraction of sp³-hybridized carbons (Fsp3) is 0.400. The molecule has 1 amide bonds. The van der Waals surface area contributed by atoms with Crippen LogP contribution < -0.4 is 4.90 Å². The third kappa shape index (κ3) is 5.27. The smallest absolute Gasteiger partial charge is 0.329 e. The highest BCUT2D eigenvalue weighted by Crippen LogP contribution is 2.39. The third-order valence-corrected chi connectivity index (χ3v) is 8.13. The number of carbonyl (C=O) groups is 1. The van der Waals surface area contributed by atoms with Crippen LogP contribution in [0.1, 0.15) is 55.8 Å². The molecule has 1 aromatic carbocycles. The summed E-state index contributed by atoms with van der Waals surface area (Å²) in [5.41, 5.74) is 3.50. The average Bonchev–Trinajstić information content (AvgIpc) is 3.45. The summed E-state index contributed by atoms with van der Waals surface area (Å²) >= 11 is 0. The van der Waals surface area contributed by atoms with Gasteiger partial charge in [0.25, 0.3) is 0 Å². The first kappa shape index (κ1) is 25.5. The van der Waals surface area contributed by atoms with E-state index < -0.39 is 12.1 Å². The Hall–Kier alpha value is -3.75. The molecule has 0 bridgehead atoms. The summed E-state index contributed by atoms with van der Waals surface area (Å²) < 4.78 is 42.1. The molecule has 0 aliphatic heterocycles. The van der Waals surface area contributed by atoms with Crippen LogP contribution >= 0.6 is 0 Å². The third-order valence-electron chi connectivity index (χ3n) is 8.13. The van der Waals surface area contributed by atoms with E-state index >= 15 is 0 Å². The van der Waals surface area contributed by atoms with E-state index in [0.717, 1.165) is 77.5 Å². The number of fused-ring (bicyclic) bond motifs is 2. The lowest BCUT2D eigenvalue weighted by atomic mass is 9.97. The van der Waals surface area contributed by atoms with Crippen molar-refractivity contribution in [3.05, 3.63) is 66.8 Å². The average molecular weight is 534 g/mol. The number of hydrogen-bond donors (Lipinski definition) is 0. The van der Waals surface area contributed by atoms with E-state index in [4.69, 9.17) is 0 Å². The van der Waals surface area contributed by atoms with Crippen LogP contribution in [-0.4, -0.2) is 38.1 Å². The Morgan fingerprint density at radius 2 is 1.87 bits per heavy atom. The van der Waals surface area contributed by atoms with Crippen LogP contribution in [0, 0.1) is 11.8 Å². The zero-order chi connectivity index (χ0) is 27.1. The molecule has 202 valence electrons. The van der Waals surface area contributed by atoms with Crippen molar-refractivity contribution >= 4 is 39.7 Å². The Labute approximate surface area is 224 Å². The van der Waals surface area contributed by atoms with Crippen molar-refractivity contribution in [3.63, 3.8) is 0 Å². The summed E-state index contributed by atoms with van der Waals surface area (Å²) in [6.07, 6.45) is 7.37. The van der Waals surface area contributed by atoms with Crippen molar-refractivity contribution in [3.8, 4) is 0 Å². The molecule has 0 spiro atoms. The van der Waals surface area contributed by atoms with Gasteiger partial charge < -0.3 is 4.57 Å². The molecule has 0 radical (unpaired) electrons. The first-order valence-electron chi connectivity index (χ1n) is 13.5. The lowest BCUT2D eigenvalue weighted by molar-refractivity contribution is -0.170. The van der Waals surface area contributed by atoms with E-state index in [9.17, 15) is 18.0 Å². The zero-order valence-electron chi connectivity index (χ0n) is 21.6. The number of hydrogen-bond acceptors (Lipinski definition) is 4. The molecule has 0 saturated heterocycles. The molecule has 9 heteroatoms. The molecule has 0 N–H and O–H groups in total. The Bertz CT molecular complexity index is 1540. The second-order valence-electron chi connectivity index (χ2n) is 10.8. The van der Waals surface area contributed by atoms with Gasteiger partial charge in [0.1, 0.15) is 17.8 Å². The van der Waals surface area contributed by atoms with E-state index in [1.54, 1.807) is 18.5 Å². The summed E-state index contributed by atoms with van der Waals surface area (Å²) in [6.45, 7) is 3.90. The Morgan fingerprint density at radius 3 is 2.64 bits per heavy atom. The lowest BCUT2D eigenvalue weighted by Gasteiger charge is -2.23. The highest BCUT2D eigenvalue weighted by atomic mass is 19.4. The van der Waals surface area contributed by atoms with Crippen LogP contribution in [0.15, 0.2) is 55.5 Å². The van der Waals surface area contributed by atoms with Gasteiger partial charge in [-0.15, -0.1) is 0 Å². The fourth-order valence-corrected chi connectivity index (χ4v) is 5.83. The van der Waals surface area contributed by atoms with Crippen molar-refractivity contribution < 1.29 is 18.0 Å². The molecule has 4 aromatic rings. The summed E-state index contributed by atoms with van der Waals surface area (Å²) in [6, 6.07) is 11.7. The Morgan fingerprint density at radius 1 is 1.08 bits per heavy atom. The Kier molecular flexibility index (Phi) is 6.61. The number of carbonyl (C=O) groups excluding carboxylic acids is 1. The van der Waals surface area contributed by atoms with Crippen molar-refractivity contribution in [2.45, 2.75) is 57.2 Å². The predicted octanol–water partition coefficient (Wildman–Crippen LogP) is 6.90. The second-order valence-corrected chi connectivity index (χ2v) is 10.8. The van der Waals surface area contributed by atoms with Crippen LogP contribution in [-0.2, 0) is 11.2 Å². The van der Waals surface area contributed by atoms with E-state index in [2.05, 4.69) is 44.4 Å². The molecule has 2 aliphatic carbocycles. The number of nitrogens with zero attached hydrogens (tertiary/aromatic N) is 5. The predicted molar refractivity (Wildman–Crippen MR) is 145 cm³/mol. The number of benzene rings is 1. The number of anilines is 1. The maximum Gasteiger partial charge on any atom is 0.471 e. The summed E-state index contributed by atoms with van der Waals surface area (Å²) in [4.78, 5) is 26.3. The van der Waals surface area contributed by atoms with Crippen LogP contribution in [0.3, 0.4) is 0 Å². The maximum atomic E-state index is 13.3. The summed E-state index contributed by atoms with van der Waals surface area (Å²) in [5.74, 6) is -1.11. The van der Waals surface area contributed by atoms with Gasteiger partial charge in [-0.2, -0.15) is 13.2 Å². The van der Waals surface area contributed by atoms with Crippen LogP contribution in [0.25, 0.3) is 28.0 Å².